The predicted molar refractivity (Wildman–Crippen MR) is 119 cm³/mol. The van der Waals surface area contributed by atoms with Crippen LogP contribution in [0.1, 0.15) is 22.8 Å². The van der Waals surface area contributed by atoms with Crippen LogP contribution in [0.2, 0.25) is 0 Å². The average molecular weight is 478 g/mol. The number of nitrogens with one attached hydrogen (secondary N) is 1. The van der Waals surface area contributed by atoms with Crippen LogP contribution in [0.4, 0.5) is 24.5 Å². The van der Waals surface area contributed by atoms with Crippen molar-refractivity contribution in [2.75, 3.05) is 23.3 Å². The lowest BCUT2D eigenvalue weighted by Gasteiger charge is -2.23. The lowest BCUT2D eigenvalue weighted by atomic mass is 10.1. The third-order valence-corrected chi connectivity index (χ3v) is 6.69. The van der Waals surface area contributed by atoms with Gasteiger partial charge in [0.15, 0.2) is 0 Å². The Morgan fingerprint density at radius 2 is 1.70 bits per heavy atom. The van der Waals surface area contributed by atoms with Crippen molar-refractivity contribution in [2.45, 2.75) is 18.0 Å². The van der Waals surface area contributed by atoms with Gasteiger partial charge in [-0.15, -0.1) is 0 Å². The molecule has 0 radical (unpaired) electrons. The molecular weight excluding hydrogens is 457 g/mol. The number of carbonyl (C=O) groups excluding carboxylic acids is 1. The predicted octanol–water partition coefficient (Wildman–Crippen LogP) is 5.18. The zero-order valence-corrected chi connectivity index (χ0v) is 18.6. The van der Waals surface area contributed by atoms with Gasteiger partial charge in [0.25, 0.3) is 15.9 Å². The monoisotopic (exact) mass is 478 g/mol. The summed E-state index contributed by atoms with van der Waals surface area (Å²) in [6.45, 7) is 1.84. The number of carbonyl (C=O) groups is 1. The molecule has 0 atom stereocenters. The Balaban J connectivity index is 1.97. The number of hydrogen-bond donors (Lipinski definition) is 1. The first-order chi connectivity index (χ1) is 15.6. The average Bonchev–Trinajstić information content (AvgIpc) is 2.79. The first-order valence-corrected chi connectivity index (χ1v) is 11.3. The highest BCUT2D eigenvalue weighted by molar-refractivity contribution is 7.92. The fourth-order valence-electron chi connectivity index (χ4n) is 3.19. The molecule has 3 rings (SSSR count). The van der Waals surface area contributed by atoms with Crippen molar-refractivity contribution in [3.05, 3.63) is 83.9 Å². The van der Waals surface area contributed by atoms with Gasteiger partial charge < -0.3 is 10.1 Å². The Labute approximate surface area is 189 Å². The molecule has 0 aliphatic rings. The van der Waals surface area contributed by atoms with E-state index in [0.717, 1.165) is 18.2 Å². The number of sulfonamides is 1. The Morgan fingerprint density at radius 3 is 2.30 bits per heavy atom. The number of benzene rings is 3. The van der Waals surface area contributed by atoms with Gasteiger partial charge in [0.05, 0.1) is 28.9 Å². The molecule has 0 spiro atoms. The van der Waals surface area contributed by atoms with Gasteiger partial charge in [-0.2, -0.15) is 13.2 Å². The van der Waals surface area contributed by atoms with Gasteiger partial charge >= 0.3 is 6.18 Å². The van der Waals surface area contributed by atoms with Gasteiger partial charge in [-0.3, -0.25) is 9.10 Å². The van der Waals surface area contributed by atoms with Gasteiger partial charge in [-0.25, -0.2) is 8.42 Å². The molecule has 0 aliphatic heterocycles. The van der Waals surface area contributed by atoms with Crippen LogP contribution in [0.3, 0.4) is 0 Å². The number of amides is 1. The second kappa shape index (κ2) is 9.53. The summed E-state index contributed by atoms with van der Waals surface area (Å²) in [5, 5.41) is 2.45. The SMILES string of the molecule is CCN(c1ccccc1)S(=O)(=O)c1ccc(OC)c(NC(=O)c2cccc(C(F)(F)F)c2)c1. The van der Waals surface area contributed by atoms with Gasteiger partial charge in [0.1, 0.15) is 5.75 Å². The van der Waals surface area contributed by atoms with Crippen molar-refractivity contribution >= 4 is 27.3 Å². The molecule has 1 N–H and O–H groups in total. The van der Waals surface area contributed by atoms with Crippen molar-refractivity contribution in [3.8, 4) is 5.75 Å². The fraction of sp³-hybridized carbons (Fsp3) is 0.174. The number of methoxy groups -OCH3 is 1. The van der Waals surface area contributed by atoms with Crippen molar-refractivity contribution < 1.29 is 31.1 Å². The summed E-state index contributed by atoms with van der Waals surface area (Å²) in [4.78, 5) is 12.5. The molecule has 33 heavy (non-hydrogen) atoms. The van der Waals surface area contributed by atoms with Gasteiger partial charge in [-0.1, -0.05) is 24.3 Å². The Bertz CT molecular complexity index is 1250. The molecule has 174 valence electrons. The lowest BCUT2D eigenvalue weighted by molar-refractivity contribution is -0.137. The van der Waals surface area contributed by atoms with Gasteiger partial charge in [-0.05, 0) is 55.5 Å². The van der Waals surface area contributed by atoms with E-state index in [4.69, 9.17) is 4.74 Å². The maximum absolute atomic E-state index is 13.3. The quantitative estimate of drug-likeness (QED) is 0.508. The second-order valence-corrected chi connectivity index (χ2v) is 8.76. The molecule has 3 aromatic carbocycles. The molecule has 0 unspecified atom stereocenters. The van der Waals surface area contributed by atoms with E-state index in [1.807, 2.05) is 0 Å². The number of rotatable bonds is 7. The number of hydrogen-bond acceptors (Lipinski definition) is 4. The summed E-state index contributed by atoms with van der Waals surface area (Å²) in [5.74, 6) is -0.693. The van der Waals surface area contributed by atoms with Gasteiger partial charge in [0.2, 0.25) is 0 Å². The summed E-state index contributed by atoms with van der Waals surface area (Å²) in [5.41, 5.74) is -0.741. The smallest absolute Gasteiger partial charge is 0.416 e. The van der Waals surface area contributed by atoms with Crippen molar-refractivity contribution in [1.29, 1.82) is 0 Å². The maximum atomic E-state index is 13.3. The van der Waals surface area contributed by atoms with Crippen LogP contribution in [0.15, 0.2) is 77.7 Å². The number of para-hydroxylation sites is 1. The first kappa shape index (κ1) is 24.1. The van der Waals surface area contributed by atoms with E-state index in [1.54, 1.807) is 37.3 Å². The van der Waals surface area contributed by atoms with E-state index in [2.05, 4.69) is 5.32 Å². The van der Waals surface area contributed by atoms with Crippen LogP contribution >= 0.6 is 0 Å². The van der Waals surface area contributed by atoms with Crippen molar-refractivity contribution in [3.63, 3.8) is 0 Å². The van der Waals surface area contributed by atoms with E-state index < -0.39 is 27.7 Å². The number of halogens is 3. The van der Waals surface area contributed by atoms with E-state index in [0.29, 0.717) is 5.69 Å². The zero-order chi connectivity index (χ0) is 24.2. The first-order valence-electron chi connectivity index (χ1n) is 9.82. The molecule has 3 aromatic rings. The number of anilines is 2. The Kier molecular flexibility index (Phi) is 6.97. The molecule has 0 aromatic heterocycles. The van der Waals surface area contributed by atoms with E-state index in [9.17, 15) is 26.4 Å². The number of alkyl halides is 3. The largest absolute Gasteiger partial charge is 0.495 e. The minimum absolute atomic E-state index is 0.00472. The van der Waals surface area contributed by atoms with E-state index in [1.165, 1.54) is 35.7 Å². The highest BCUT2D eigenvalue weighted by atomic mass is 32.2. The van der Waals surface area contributed by atoms with Crippen LogP contribution in [0, 0.1) is 0 Å². The van der Waals surface area contributed by atoms with Crippen LogP contribution in [-0.2, 0) is 16.2 Å². The molecule has 0 fully saturated rings. The fourth-order valence-corrected chi connectivity index (χ4v) is 4.69. The van der Waals surface area contributed by atoms with Crippen molar-refractivity contribution in [1.82, 2.24) is 0 Å². The molecule has 0 bridgehead atoms. The van der Waals surface area contributed by atoms with Crippen LogP contribution < -0.4 is 14.4 Å². The third kappa shape index (κ3) is 5.28. The maximum Gasteiger partial charge on any atom is 0.416 e. The molecule has 0 heterocycles. The van der Waals surface area contributed by atoms with Crippen molar-refractivity contribution in [2.24, 2.45) is 0 Å². The summed E-state index contributed by atoms with van der Waals surface area (Å²) >= 11 is 0. The number of ether oxygens (including phenoxy) is 1. The molecule has 6 nitrogen and oxygen atoms in total. The third-order valence-electron chi connectivity index (χ3n) is 4.79. The zero-order valence-electron chi connectivity index (χ0n) is 17.8. The lowest BCUT2D eigenvalue weighted by Crippen LogP contribution is -2.30. The minimum atomic E-state index is -4.61. The highest BCUT2D eigenvalue weighted by Gasteiger charge is 2.31. The van der Waals surface area contributed by atoms with Crippen LogP contribution in [-0.4, -0.2) is 28.0 Å². The summed E-state index contributed by atoms with van der Waals surface area (Å²) in [6.07, 6.45) is -4.61. The summed E-state index contributed by atoms with van der Waals surface area (Å²) in [6, 6.07) is 16.3. The molecular formula is C23H21F3N2O4S. The van der Waals surface area contributed by atoms with Crippen LogP contribution in [0.25, 0.3) is 0 Å². The molecule has 10 heteroatoms. The highest BCUT2D eigenvalue weighted by Crippen LogP contribution is 2.32. The summed E-state index contributed by atoms with van der Waals surface area (Å²) < 4.78 is 71.9. The summed E-state index contributed by atoms with van der Waals surface area (Å²) in [7, 11) is -2.68. The van der Waals surface area contributed by atoms with Gasteiger partial charge in [0, 0.05) is 12.1 Å². The molecule has 1 amide bonds. The van der Waals surface area contributed by atoms with E-state index in [-0.39, 0.29) is 28.4 Å². The number of nitrogens with zero attached hydrogens (tertiary/aromatic N) is 1. The second-order valence-electron chi connectivity index (χ2n) is 6.90. The molecule has 0 aliphatic carbocycles. The molecule has 0 saturated heterocycles. The standard InChI is InChI=1S/C23H21F3N2O4S/c1-3-28(18-10-5-4-6-11-18)33(30,31)19-12-13-21(32-2)20(15-19)27-22(29)16-8-7-9-17(14-16)23(24,25)26/h4-15H,3H2,1-2H3,(H,27,29). The normalized spacial score (nSPS) is 11.7. The topological polar surface area (TPSA) is 75.7 Å². The minimum Gasteiger partial charge on any atom is -0.495 e. The van der Waals surface area contributed by atoms with E-state index >= 15 is 0 Å². The molecule has 0 saturated carbocycles. The Morgan fingerprint density at radius 1 is 1.00 bits per heavy atom. The Hall–Kier alpha value is -3.53. The van der Waals surface area contributed by atoms with Crippen LogP contribution in [0.5, 0.6) is 5.75 Å².